The number of nitrogens with one attached hydrogen (secondary N) is 1. The molecule has 0 radical (unpaired) electrons. The molecular weight excluding hydrogens is 353 g/mol. The lowest BCUT2D eigenvalue weighted by atomic mass is 10.1. The van der Waals surface area contributed by atoms with Crippen LogP contribution in [0.5, 0.6) is 0 Å². The third kappa shape index (κ3) is 3.77. The Morgan fingerprint density at radius 2 is 1.82 bits per heavy atom. The van der Waals surface area contributed by atoms with Crippen LogP contribution in [0.4, 0.5) is 4.39 Å². The summed E-state index contributed by atoms with van der Waals surface area (Å²) in [6, 6.07) is 18.6. The number of aromatic nitrogens is 4. The molecule has 1 atom stereocenters. The van der Waals surface area contributed by atoms with Crippen molar-refractivity contribution in [1.29, 1.82) is 0 Å². The van der Waals surface area contributed by atoms with E-state index < -0.39 is 0 Å². The summed E-state index contributed by atoms with van der Waals surface area (Å²) >= 11 is 0. The predicted octanol–water partition coefficient (Wildman–Crippen LogP) is 4.16. The first-order chi connectivity index (χ1) is 13.6. The van der Waals surface area contributed by atoms with E-state index in [9.17, 15) is 4.39 Å². The molecule has 0 fully saturated rings. The molecule has 6 heteroatoms. The minimum absolute atomic E-state index is 0.0506. The quantitative estimate of drug-likeness (QED) is 0.550. The fourth-order valence-corrected chi connectivity index (χ4v) is 3.33. The molecule has 0 saturated carbocycles. The van der Waals surface area contributed by atoms with E-state index in [0.29, 0.717) is 0 Å². The summed E-state index contributed by atoms with van der Waals surface area (Å²) in [6.45, 7) is 4.83. The van der Waals surface area contributed by atoms with Gasteiger partial charge in [0, 0.05) is 24.0 Å². The van der Waals surface area contributed by atoms with Crippen LogP contribution in [0.15, 0.2) is 60.7 Å². The van der Waals surface area contributed by atoms with Crippen molar-refractivity contribution in [2.75, 3.05) is 6.54 Å². The maximum absolute atomic E-state index is 13.1. The summed E-state index contributed by atoms with van der Waals surface area (Å²) in [5, 5.41) is 13.2. The molecule has 4 rings (SSSR count). The number of nitrogens with zero attached hydrogens (tertiary/aromatic N) is 4. The Morgan fingerprint density at radius 1 is 1.04 bits per heavy atom. The predicted molar refractivity (Wildman–Crippen MR) is 108 cm³/mol. The van der Waals surface area contributed by atoms with Crippen LogP contribution in [0.3, 0.4) is 0 Å². The van der Waals surface area contributed by atoms with Crippen LogP contribution in [0.2, 0.25) is 0 Å². The van der Waals surface area contributed by atoms with Gasteiger partial charge in [0.25, 0.3) is 0 Å². The number of halogens is 1. The molecular formula is C22H22FN5. The molecule has 28 heavy (non-hydrogen) atoms. The number of hydrogen-bond acceptors (Lipinski definition) is 4. The fraction of sp³-hybridized carbons (Fsp3) is 0.227. The van der Waals surface area contributed by atoms with Crippen molar-refractivity contribution in [1.82, 2.24) is 25.3 Å². The number of pyridine rings is 1. The van der Waals surface area contributed by atoms with E-state index in [-0.39, 0.29) is 11.9 Å². The highest BCUT2D eigenvalue weighted by molar-refractivity contribution is 5.78. The summed E-state index contributed by atoms with van der Waals surface area (Å²) < 4.78 is 14.9. The maximum atomic E-state index is 13.1. The first-order valence-electron chi connectivity index (χ1n) is 9.38. The minimum Gasteiger partial charge on any atom is -0.308 e. The molecule has 1 unspecified atom stereocenters. The standard InChI is InChI=1S/C22H22FN5/c1-15(22-16(2)28(27-26-22)20-11-8-18(23)9-12-20)24-14-13-19-10-7-17-5-3-4-6-21(17)25-19/h3-12,15,24H,13-14H2,1-2H3. The van der Waals surface area contributed by atoms with Crippen molar-refractivity contribution in [3.05, 3.63) is 83.6 Å². The normalized spacial score (nSPS) is 12.4. The number of rotatable bonds is 6. The SMILES string of the molecule is Cc1c(C(C)NCCc2ccc3ccccc3n2)nnn1-c1ccc(F)cc1. The topological polar surface area (TPSA) is 55.6 Å². The van der Waals surface area contributed by atoms with Crippen molar-refractivity contribution in [3.63, 3.8) is 0 Å². The highest BCUT2D eigenvalue weighted by Gasteiger charge is 2.16. The molecule has 2 heterocycles. The van der Waals surface area contributed by atoms with Crippen LogP contribution in [0, 0.1) is 12.7 Å². The lowest BCUT2D eigenvalue weighted by Crippen LogP contribution is -2.22. The first-order valence-corrected chi connectivity index (χ1v) is 9.38. The summed E-state index contributed by atoms with van der Waals surface area (Å²) in [5.74, 6) is -0.265. The third-order valence-electron chi connectivity index (χ3n) is 4.90. The van der Waals surface area contributed by atoms with Crippen LogP contribution in [0.1, 0.15) is 30.0 Å². The molecule has 0 saturated heterocycles. The number of para-hydroxylation sites is 1. The molecule has 0 aliphatic carbocycles. The molecule has 5 nitrogen and oxygen atoms in total. The highest BCUT2D eigenvalue weighted by atomic mass is 19.1. The largest absolute Gasteiger partial charge is 0.308 e. The zero-order valence-corrected chi connectivity index (χ0v) is 15.9. The summed E-state index contributed by atoms with van der Waals surface area (Å²) in [7, 11) is 0. The van der Waals surface area contributed by atoms with Gasteiger partial charge in [-0.1, -0.05) is 29.5 Å². The van der Waals surface area contributed by atoms with Gasteiger partial charge in [-0.25, -0.2) is 9.07 Å². The first kappa shape index (κ1) is 18.3. The van der Waals surface area contributed by atoms with E-state index >= 15 is 0 Å². The number of fused-ring (bicyclic) bond motifs is 1. The van der Waals surface area contributed by atoms with Crippen LogP contribution >= 0.6 is 0 Å². The monoisotopic (exact) mass is 375 g/mol. The van der Waals surface area contributed by atoms with Gasteiger partial charge in [0.05, 0.1) is 22.9 Å². The molecule has 0 amide bonds. The van der Waals surface area contributed by atoms with Gasteiger partial charge in [-0.3, -0.25) is 4.98 Å². The van der Waals surface area contributed by atoms with Crippen molar-refractivity contribution < 1.29 is 4.39 Å². The van der Waals surface area contributed by atoms with Crippen molar-refractivity contribution in [3.8, 4) is 5.69 Å². The van der Waals surface area contributed by atoms with Gasteiger partial charge in [0.15, 0.2) is 0 Å². The number of hydrogen-bond donors (Lipinski definition) is 1. The van der Waals surface area contributed by atoms with Gasteiger partial charge in [0.1, 0.15) is 11.5 Å². The Kier molecular flexibility index (Phi) is 5.12. The van der Waals surface area contributed by atoms with Gasteiger partial charge in [0.2, 0.25) is 0 Å². The van der Waals surface area contributed by atoms with Gasteiger partial charge in [-0.15, -0.1) is 5.10 Å². The average molecular weight is 375 g/mol. The second-order valence-electron chi connectivity index (χ2n) is 6.87. The molecule has 0 aliphatic heterocycles. The lowest BCUT2D eigenvalue weighted by molar-refractivity contribution is 0.558. The maximum Gasteiger partial charge on any atom is 0.123 e. The van der Waals surface area contributed by atoms with Crippen molar-refractivity contribution >= 4 is 10.9 Å². The second-order valence-corrected chi connectivity index (χ2v) is 6.87. The van der Waals surface area contributed by atoms with Crippen LogP contribution in [-0.4, -0.2) is 26.5 Å². The second kappa shape index (κ2) is 7.86. The minimum atomic E-state index is -0.265. The smallest absolute Gasteiger partial charge is 0.123 e. The van der Waals surface area contributed by atoms with Crippen molar-refractivity contribution in [2.45, 2.75) is 26.3 Å². The lowest BCUT2D eigenvalue weighted by Gasteiger charge is -2.12. The van der Waals surface area contributed by atoms with E-state index in [1.165, 1.54) is 12.1 Å². The summed E-state index contributed by atoms with van der Waals surface area (Å²) in [4.78, 5) is 4.71. The van der Waals surface area contributed by atoms with E-state index in [1.54, 1.807) is 16.8 Å². The van der Waals surface area contributed by atoms with Gasteiger partial charge < -0.3 is 5.32 Å². The Morgan fingerprint density at radius 3 is 2.64 bits per heavy atom. The molecule has 4 aromatic rings. The van der Waals surface area contributed by atoms with E-state index in [0.717, 1.165) is 46.6 Å². The highest BCUT2D eigenvalue weighted by Crippen LogP contribution is 2.18. The Balaban J connectivity index is 1.41. The summed E-state index contributed by atoms with van der Waals surface area (Å²) in [5.41, 5.74) is 4.70. The average Bonchev–Trinajstić information content (AvgIpc) is 3.10. The molecule has 1 N–H and O–H groups in total. The molecule has 0 aliphatic rings. The molecule has 0 bridgehead atoms. The molecule has 2 aromatic carbocycles. The van der Waals surface area contributed by atoms with Crippen LogP contribution in [-0.2, 0) is 6.42 Å². The number of benzene rings is 2. The van der Waals surface area contributed by atoms with E-state index in [1.807, 2.05) is 25.1 Å². The van der Waals surface area contributed by atoms with E-state index in [2.05, 4.69) is 40.8 Å². The van der Waals surface area contributed by atoms with Crippen LogP contribution in [0.25, 0.3) is 16.6 Å². The zero-order chi connectivity index (χ0) is 19.5. The Labute approximate surface area is 163 Å². The molecule has 142 valence electrons. The molecule has 2 aromatic heterocycles. The third-order valence-corrected chi connectivity index (χ3v) is 4.90. The van der Waals surface area contributed by atoms with Crippen molar-refractivity contribution in [2.24, 2.45) is 0 Å². The summed E-state index contributed by atoms with van der Waals surface area (Å²) in [6.07, 6.45) is 0.834. The zero-order valence-electron chi connectivity index (χ0n) is 15.9. The molecule has 0 spiro atoms. The Bertz CT molecular complexity index is 1090. The van der Waals surface area contributed by atoms with Crippen LogP contribution < -0.4 is 5.32 Å². The fourth-order valence-electron chi connectivity index (χ4n) is 3.33. The van der Waals surface area contributed by atoms with Gasteiger partial charge in [-0.2, -0.15) is 0 Å². The van der Waals surface area contributed by atoms with Gasteiger partial charge >= 0.3 is 0 Å². The Hall–Kier alpha value is -3.12. The van der Waals surface area contributed by atoms with E-state index in [4.69, 9.17) is 4.98 Å². The van der Waals surface area contributed by atoms with Gasteiger partial charge in [-0.05, 0) is 50.2 Å².